The molecule has 0 aliphatic rings. The predicted molar refractivity (Wildman–Crippen MR) is 159 cm³/mol. The molecule has 242 valence electrons. The van der Waals surface area contributed by atoms with Gasteiger partial charge in [0.25, 0.3) is 0 Å². The van der Waals surface area contributed by atoms with Crippen LogP contribution in [0.5, 0.6) is 0 Å². The first kappa shape index (κ1) is 39.7. The van der Waals surface area contributed by atoms with E-state index in [1.807, 2.05) is 0 Å². The number of phosphoric ester groups is 1. The first-order chi connectivity index (χ1) is 19.8. The zero-order valence-electron chi connectivity index (χ0n) is 25.5. The number of aliphatic hydroxyl groups is 2. The number of carbonyl (C=O) groups excluding carboxylic acids is 2. The minimum absolute atomic E-state index is 0.184. The number of carbonyl (C=O) groups is 2. The molecule has 0 saturated heterocycles. The van der Waals surface area contributed by atoms with Crippen molar-refractivity contribution in [3.8, 4) is 0 Å². The van der Waals surface area contributed by atoms with Gasteiger partial charge in [0.15, 0.2) is 0 Å². The van der Waals surface area contributed by atoms with E-state index in [1.165, 1.54) is 25.7 Å². The summed E-state index contributed by atoms with van der Waals surface area (Å²) in [7, 11) is -4.61. The Bertz CT molecular complexity index is 715. The number of aliphatic hydroxyl groups excluding tert-OH is 2. The van der Waals surface area contributed by atoms with Crippen molar-refractivity contribution in [2.45, 2.75) is 142 Å². The summed E-state index contributed by atoms with van der Waals surface area (Å²) in [5.74, 6) is -1.04. The van der Waals surface area contributed by atoms with Gasteiger partial charge < -0.3 is 24.6 Å². The van der Waals surface area contributed by atoms with Gasteiger partial charge in [-0.15, -0.1) is 0 Å². The Labute approximate surface area is 247 Å². The Morgan fingerprint density at radius 1 is 0.634 bits per heavy atom. The van der Waals surface area contributed by atoms with Gasteiger partial charge in [-0.1, -0.05) is 90.2 Å². The molecule has 0 fully saturated rings. The second-order valence-corrected chi connectivity index (χ2v) is 11.9. The maximum Gasteiger partial charge on any atom is 0.472 e. The third-order valence-corrected chi connectivity index (χ3v) is 7.43. The first-order valence-corrected chi connectivity index (χ1v) is 17.1. The molecule has 0 bridgehead atoms. The van der Waals surface area contributed by atoms with Crippen LogP contribution in [0.15, 0.2) is 12.2 Å². The average Bonchev–Trinajstić information content (AvgIpc) is 2.95. The highest BCUT2D eigenvalue weighted by molar-refractivity contribution is 7.47. The second kappa shape index (κ2) is 27.5. The quantitative estimate of drug-likeness (QED) is 0.0369. The number of ether oxygens (including phenoxy) is 2. The fourth-order valence-electron chi connectivity index (χ4n) is 3.99. The second-order valence-electron chi connectivity index (χ2n) is 10.4. The van der Waals surface area contributed by atoms with Crippen LogP contribution in [-0.2, 0) is 32.7 Å². The number of phosphoric acid groups is 1. The van der Waals surface area contributed by atoms with E-state index < -0.39 is 58.4 Å². The van der Waals surface area contributed by atoms with Crippen LogP contribution in [0.1, 0.15) is 129 Å². The van der Waals surface area contributed by atoms with Crippen LogP contribution in [0.25, 0.3) is 0 Å². The lowest BCUT2D eigenvalue weighted by Crippen LogP contribution is -2.28. The van der Waals surface area contributed by atoms with E-state index in [0.717, 1.165) is 64.2 Å². The predicted octanol–water partition coefficient (Wildman–Crippen LogP) is 6.55. The van der Waals surface area contributed by atoms with Crippen molar-refractivity contribution in [1.82, 2.24) is 0 Å². The van der Waals surface area contributed by atoms with E-state index in [0.29, 0.717) is 12.8 Å². The van der Waals surface area contributed by atoms with Gasteiger partial charge in [0, 0.05) is 12.8 Å². The van der Waals surface area contributed by atoms with Crippen molar-refractivity contribution in [3.05, 3.63) is 12.2 Å². The Kier molecular flexibility index (Phi) is 26.7. The summed E-state index contributed by atoms with van der Waals surface area (Å²) >= 11 is 0. The normalized spacial score (nSPS) is 14.6. The molecule has 0 aromatic carbocycles. The molecule has 0 amide bonds. The first-order valence-electron chi connectivity index (χ1n) is 15.6. The fraction of sp³-hybridized carbons (Fsp3) is 0.867. The van der Waals surface area contributed by atoms with Gasteiger partial charge >= 0.3 is 19.8 Å². The van der Waals surface area contributed by atoms with Gasteiger partial charge in [0.2, 0.25) is 0 Å². The highest BCUT2D eigenvalue weighted by atomic mass is 31.2. The zero-order chi connectivity index (χ0) is 30.6. The van der Waals surface area contributed by atoms with E-state index in [2.05, 4.69) is 26.0 Å². The summed E-state index contributed by atoms with van der Waals surface area (Å²) in [6.45, 7) is 2.03. The van der Waals surface area contributed by atoms with Gasteiger partial charge in [-0.3, -0.25) is 18.6 Å². The van der Waals surface area contributed by atoms with Crippen molar-refractivity contribution < 1.29 is 47.8 Å². The molecule has 41 heavy (non-hydrogen) atoms. The van der Waals surface area contributed by atoms with E-state index in [-0.39, 0.29) is 12.8 Å². The Morgan fingerprint density at radius 2 is 1.00 bits per heavy atom. The van der Waals surface area contributed by atoms with Crippen molar-refractivity contribution in [2.24, 2.45) is 0 Å². The van der Waals surface area contributed by atoms with Crippen LogP contribution in [0.3, 0.4) is 0 Å². The van der Waals surface area contributed by atoms with Crippen molar-refractivity contribution in [2.75, 3.05) is 26.4 Å². The molecule has 0 heterocycles. The van der Waals surface area contributed by atoms with Crippen molar-refractivity contribution in [3.63, 3.8) is 0 Å². The number of esters is 2. The lowest BCUT2D eigenvalue weighted by molar-refractivity contribution is -0.153. The van der Waals surface area contributed by atoms with Crippen LogP contribution >= 0.6 is 7.82 Å². The molecule has 0 aromatic rings. The van der Waals surface area contributed by atoms with Crippen LogP contribution in [0.2, 0.25) is 0 Å². The van der Waals surface area contributed by atoms with Gasteiger partial charge in [-0.05, 0) is 38.5 Å². The third kappa shape index (κ3) is 26.1. The Balaban J connectivity index is 4.05. The molecule has 0 rings (SSSR count). The molecular weight excluding hydrogens is 551 g/mol. The minimum atomic E-state index is -4.61. The highest BCUT2D eigenvalue weighted by Gasteiger charge is 2.27. The lowest BCUT2D eigenvalue weighted by atomic mass is 10.1. The number of hydrogen-bond donors (Lipinski definition) is 3. The standard InChI is InChI=1S/C30H57O10P/c1-3-5-7-9-10-11-12-13-14-15-16-18-20-22-30(34)40-28(24-32)26-38-41(35,36)37-25-27(23-31)39-29(33)21-19-17-8-6-4-2/h11-12,27-28,31-32H,3-10,13-26H2,1-2H3,(H,35,36)/b12-11-. The third-order valence-electron chi connectivity index (χ3n) is 6.48. The average molecular weight is 609 g/mol. The molecule has 0 aromatic heterocycles. The van der Waals surface area contributed by atoms with E-state index in [9.17, 15) is 29.3 Å². The zero-order valence-corrected chi connectivity index (χ0v) is 26.4. The molecular formula is C30H57O10P. The van der Waals surface area contributed by atoms with Gasteiger partial charge in [-0.2, -0.15) is 0 Å². The van der Waals surface area contributed by atoms with Gasteiger partial charge in [0.1, 0.15) is 12.2 Å². The van der Waals surface area contributed by atoms with Crippen molar-refractivity contribution >= 4 is 19.8 Å². The monoisotopic (exact) mass is 608 g/mol. The molecule has 3 unspecified atom stereocenters. The molecule has 0 aliphatic heterocycles. The summed E-state index contributed by atoms with van der Waals surface area (Å²) in [4.78, 5) is 33.9. The Hall–Kier alpha value is -1.29. The van der Waals surface area contributed by atoms with E-state index in [4.69, 9.17) is 18.5 Å². The maximum atomic E-state index is 12.2. The SMILES string of the molecule is CCCCCC/C=C\CCCCCCCC(=O)OC(CO)COP(=O)(O)OCC(CO)OC(=O)CCCCCCC. The summed E-state index contributed by atoms with van der Waals surface area (Å²) in [5.41, 5.74) is 0. The summed E-state index contributed by atoms with van der Waals surface area (Å²) in [5, 5.41) is 18.9. The van der Waals surface area contributed by atoms with E-state index in [1.54, 1.807) is 0 Å². The lowest BCUT2D eigenvalue weighted by Gasteiger charge is -2.20. The number of hydrogen-bond acceptors (Lipinski definition) is 9. The van der Waals surface area contributed by atoms with Crippen molar-refractivity contribution in [1.29, 1.82) is 0 Å². The molecule has 0 aliphatic carbocycles. The molecule has 0 spiro atoms. The molecule has 0 radical (unpaired) electrons. The van der Waals surface area contributed by atoms with Crippen LogP contribution in [-0.4, -0.2) is 65.7 Å². The van der Waals surface area contributed by atoms with Gasteiger partial charge in [0.05, 0.1) is 26.4 Å². The molecule has 3 N–H and O–H groups in total. The van der Waals surface area contributed by atoms with Gasteiger partial charge in [-0.25, -0.2) is 4.57 Å². The summed E-state index contributed by atoms with van der Waals surface area (Å²) in [6.07, 6.45) is 19.6. The minimum Gasteiger partial charge on any atom is -0.457 e. The molecule has 11 heteroatoms. The molecule has 3 atom stereocenters. The Morgan fingerprint density at radius 3 is 1.41 bits per heavy atom. The molecule has 0 saturated carbocycles. The number of unbranched alkanes of at least 4 members (excludes halogenated alkanes) is 13. The van der Waals surface area contributed by atoms with Crippen LogP contribution < -0.4 is 0 Å². The highest BCUT2D eigenvalue weighted by Crippen LogP contribution is 2.43. The summed E-state index contributed by atoms with van der Waals surface area (Å²) < 4.78 is 32.1. The summed E-state index contributed by atoms with van der Waals surface area (Å²) in [6, 6.07) is 0. The van der Waals surface area contributed by atoms with E-state index >= 15 is 0 Å². The smallest absolute Gasteiger partial charge is 0.457 e. The number of rotatable bonds is 29. The maximum absolute atomic E-state index is 12.2. The number of allylic oxidation sites excluding steroid dienone is 2. The molecule has 10 nitrogen and oxygen atoms in total. The fourth-order valence-corrected chi connectivity index (χ4v) is 4.77. The van der Waals surface area contributed by atoms with Crippen LogP contribution in [0, 0.1) is 0 Å². The topological polar surface area (TPSA) is 149 Å². The largest absolute Gasteiger partial charge is 0.472 e. The van der Waals surface area contributed by atoms with Crippen LogP contribution in [0.4, 0.5) is 0 Å².